The smallest absolute Gasteiger partial charge is 0.310 e. The van der Waals surface area contributed by atoms with Crippen molar-refractivity contribution in [3.8, 4) is 0 Å². The SMILES string of the molecule is C=CC(C(=O)O)C1CCC(C2CCC(c3ccc(CCC)cc3)CC2)CC1. The largest absolute Gasteiger partial charge is 0.481 e. The van der Waals surface area contributed by atoms with E-state index in [-0.39, 0.29) is 5.92 Å². The number of hydrogen-bond acceptors (Lipinski definition) is 1. The van der Waals surface area contributed by atoms with Crippen molar-refractivity contribution in [2.45, 2.75) is 77.0 Å². The Morgan fingerprint density at radius 1 is 1.04 bits per heavy atom. The predicted octanol–water partition coefficient (Wildman–Crippen LogP) is 6.61. The maximum absolute atomic E-state index is 11.4. The number of rotatable bonds is 7. The molecule has 0 spiro atoms. The lowest BCUT2D eigenvalue weighted by molar-refractivity contribution is -0.142. The standard InChI is InChI=1S/C25H36O2/c1-3-5-18-6-8-19(9-7-18)20-10-12-21(13-11-20)22-14-16-23(17-15-22)24(4-2)25(26)27/h4,6-9,20-24H,2-3,5,10-17H2,1H3,(H,26,27). The van der Waals surface area contributed by atoms with Crippen molar-refractivity contribution >= 4 is 5.97 Å². The molecular formula is C25H36O2. The van der Waals surface area contributed by atoms with Crippen LogP contribution in [0.4, 0.5) is 0 Å². The Balaban J connectivity index is 1.47. The second-order valence-electron chi connectivity index (χ2n) is 8.88. The van der Waals surface area contributed by atoms with Gasteiger partial charge in [-0.2, -0.15) is 0 Å². The van der Waals surface area contributed by atoms with Gasteiger partial charge >= 0.3 is 5.97 Å². The molecule has 1 atom stereocenters. The number of hydrogen-bond donors (Lipinski definition) is 1. The Morgan fingerprint density at radius 3 is 2.07 bits per heavy atom. The highest BCUT2D eigenvalue weighted by molar-refractivity contribution is 5.72. The summed E-state index contributed by atoms with van der Waals surface area (Å²) in [5.74, 6) is 1.66. The molecule has 0 amide bonds. The van der Waals surface area contributed by atoms with E-state index >= 15 is 0 Å². The van der Waals surface area contributed by atoms with Crippen LogP contribution in [-0.2, 0) is 11.2 Å². The van der Waals surface area contributed by atoms with Crippen molar-refractivity contribution in [3.63, 3.8) is 0 Å². The highest BCUT2D eigenvalue weighted by Crippen LogP contribution is 2.45. The van der Waals surface area contributed by atoms with Gasteiger partial charge in [0.05, 0.1) is 5.92 Å². The molecule has 0 aromatic heterocycles. The van der Waals surface area contributed by atoms with E-state index in [0.29, 0.717) is 5.92 Å². The van der Waals surface area contributed by atoms with Gasteiger partial charge in [0.1, 0.15) is 0 Å². The van der Waals surface area contributed by atoms with E-state index < -0.39 is 5.97 Å². The molecule has 2 aliphatic carbocycles. The van der Waals surface area contributed by atoms with Crippen molar-refractivity contribution in [2.75, 3.05) is 0 Å². The molecule has 148 valence electrons. The van der Waals surface area contributed by atoms with E-state index in [1.54, 1.807) is 6.08 Å². The molecule has 0 saturated heterocycles. The van der Waals surface area contributed by atoms with E-state index in [1.165, 1.54) is 62.5 Å². The van der Waals surface area contributed by atoms with Crippen LogP contribution in [0.25, 0.3) is 0 Å². The second-order valence-corrected chi connectivity index (χ2v) is 8.88. The fourth-order valence-corrected chi connectivity index (χ4v) is 5.64. The number of carboxylic acid groups (broad SMARTS) is 1. The van der Waals surface area contributed by atoms with Gasteiger partial charge in [0.15, 0.2) is 0 Å². The Labute approximate surface area is 165 Å². The molecule has 1 N–H and O–H groups in total. The van der Waals surface area contributed by atoms with Gasteiger partial charge in [-0.15, -0.1) is 6.58 Å². The molecule has 2 aliphatic rings. The topological polar surface area (TPSA) is 37.3 Å². The van der Waals surface area contributed by atoms with Crippen LogP contribution in [0.5, 0.6) is 0 Å². The normalized spacial score (nSPS) is 29.8. The van der Waals surface area contributed by atoms with Gasteiger partial charge in [0.2, 0.25) is 0 Å². The van der Waals surface area contributed by atoms with Gasteiger partial charge in [-0.1, -0.05) is 43.7 Å². The first kappa shape index (κ1) is 20.2. The molecule has 1 unspecified atom stereocenters. The first-order chi connectivity index (χ1) is 13.1. The maximum atomic E-state index is 11.4. The van der Waals surface area contributed by atoms with Crippen molar-refractivity contribution < 1.29 is 9.90 Å². The molecule has 1 aromatic carbocycles. The minimum absolute atomic E-state index is 0.300. The zero-order valence-corrected chi connectivity index (χ0v) is 16.9. The van der Waals surface area contributed by atoms with E-state index in [0.717, 1.165) is 30.6 Å². The summed E-state index contributed by atoms with van der Waals surface area (Å²) in [4.78, 5) is 11.4. The summed E-state index contributed by atoms with van der Waals surface area (Å²) in [5.41, 5.74) is 3.00. The maximum Gasteiger partial charge on any atom is 0.310 e. The van der Waals surface area contributed by atoms with E-state index in [9.17, 15) is 9.90 Å². The van der Waals surface area contributed by atoms with Gasteiger partial charge in [-0.25, -0.2) is 0 Å². The molecule has 2 nitrogen and oxygen atoms in total. The number of aryl methyl sites for hydroxylation is 1. The molecule has 0 aliphatic heterocycles. The molecule has 0 heterocycles. The Kier molecular flexibility index (Phi) is 7.15. The third kappa shape index (κ3) is 5.03. The summed E-state index contributed by atoms with van der Waals surface area (Å²) in [5, 5.41) is 9.35. The van der Waals surface area contributed by atoms with Gasteiger partial charge < -0.3 is 5.11 Å². The van der Waals surface area contributed by atoms with Crippen molar-refractivity contribution in [3.05, 3.63) is 48.0 Å². The summed E-state index contributed by atoms with van der Waals surface area (Å²) in [7, 11) is 0. The van der Waals surface area contributed by atoms with E-state index in [4.69, 9.17) is 0 Å². The summed E-state index contributed by atoms with van der Waals surface area (Å²) in [6.45, 7) is 5.98. The zero-order valence-electron chi connectivity index (χ0n) is 16.9. The molecule has 1 aromatic rings. The van der Waals surface area contributed by atoms with Gasteiger partial charge in [-0.05, 0) is 92.6 Å². The van der Waals surface area contributed by atoms with Crippen LogP contribution in [0.15, 0.2) is 36.9 Å². The van der Waals surface area contributed by atoms with Gasteiger partial charge in [0, 0.05) is 0 Å². The Morgan fingerprint density at radius 2 is 1.59 bits per heavy atom. The van der Waals surface area contributed by atoms with Gasteiger partial charge in [0.25, 0.3) is 0 Å². The van der Waals surface area contributed by atoms with Crippen LogP contribution in [-0.4, -0.2) is 11.1 Å². The predicted molar refractivity (Wildman–Crippen MR) is 112 cm³/mol. The second kappa shape index (κ2) is 9.57. The van der Waals surface area contributed by atoms with Crippen molar-refractivity contribution in [1.82, 2.24) is 0 Å². The highest BCUT2D eigenvalue weighted by Gasteiger charge is 2.34. The molecule has 3 rings (SSSR count). The number of aliphatic carboxylic acids is 1. The molecule has 2 fully saturated rings. The third-order valence-electron chi connectivity index (χ3n) is 7.29. The van der Waals surface area contributed by atoms with Crippen LogP contribution >= 0.6 is 0 Å². The summed E-state index contributed by atoms with van der Waals surface area (Å²) in [6.07, 6.45) is 13.9. The van der Waals surface area contributed by atoms with E-state index in [1.807, 2.05) is 0 Å². The fraction of sp³-hybridized carbons (Fsp3) is 0.640. The van der Waals surface area contributed by atoms with Crippen LogP contribution in [0.3, 0.4) is 0 Å². The molecule has 2 heteroatoms. The lowest BCUT2D eigenvalue weighted by atomic mass is 9.67. The molecule has 27 heavy (non-hydrogen) atoms. The number of benzene rings is 1. The Hall–Kier alpha value is -1.57. The van der Waals surface area contributed by atoms with E-state index in [2.05, 4.69) is 37.8 Å². The quantitative estimate of drug-likeness (QED) is 0.550. The molecule has 0 bridgehead atoms. The van der Waals surface area contributed by atoms with Crippen LogP contribution in [0.1, 0.15) is 81.8 Å². The summed E-state index contributed by atoms with van der Waals surface area (Å²) in [6, 6.07) is 9.38. The number of carboxylic acids is 1. The molecule has 2 saturated carbocycles. The average Bonchev–Trinajstić information content (AvgIpc) is 2.70. The Bertz CT molecular complexity index is 602. The first-order valence-electron chi connectivity index (χ1n) is 11.1. The minimum atomic E-state index is -0.695. The monoisotopic (exact) mass is 368 g/mol. The zero-order chi connectivity index (χ0) is 19.2. The van der Waals surface area contributed by atoms with Gasteiger partial charge in [-0.3, -0.25) is 4.79 Å². The molecular weight excluding hydrogens is 332 g/mol. The summed E-state index contributed by atoms with van der Waals surface area (Å²) >= 11 is 0. The van der Waals surface area contributed by atoms with Crippen LogP contribution < -0.4 is 0 Å². The number of carbonyl (C=O) groups is 1. The fourth-order valence-electron chi connectivity index (χ4n) is 5.64. The van der Waals surface area contributed by atoms with Crippen molar-refractivity contribution in [2.24, 2.45) is 23.7 Å². The average molecular weight is 369 g/mol. The molecule has 0 radical (unpaired) electrons. The lowest BCUT2D eigenvalue weighted by Gasteiger charge is -2.38. The summed E-state index contributed by atoms with van der Waals surface area (Å²) < 4.78 is 0. The van der Waals surface area contributed by atoms with Crippen molar-refractivity contribution in [1.29, 1.82) is 0 Å². The highest BCUT2D eigenvalue weighted by atomic mass is 16.4. The lowest BCUT2D eigenvalue weighted by Crippen LogP contribution is -2.30. The van der Waals surface area contributed by atoms with Crippen LogP contribution in [0.2, 0.25) is 0 Å². The minimum Gasteiger partial charge on any atom is -0.481 e. The third-order valence-corrected chi connectivity index (χ3v) is 7.29. The first-order valence-corrected chi connectivity index (χ1v) is 11.1. The van der Waals surface area contributed by atoms with Crippen LogP contribution in [0, 0.1) is 23.7 Å².